The summed E-state index contributed by atoms with van der Waals surface area (Å²) >= 11 is 0. The molecule has 0 rings (SSSR count). The van der Waals surface area contributed by atoms with Crippen molar-refractivity contribution in [3.63, 3.8) is 0 Å². The first-order chi connectivity index (χ1) is 8.35. The summed E-state index contributed by atoms with van der Waals surface area (Å²) in [5.41, 5.74) is 0.0657. The fourth-order valence-corrected chi connectivity index (χ4v) is 1.45. The van der Waals surface area contributed by atoms with Gasteiger partial charge in [-0.25, -0.2) is 0 Å². The second-order valence-corrected chi connectivity index (χ2v) is 5.62. The lowest BCUT2D eigenvalue weighted by atomic mass is 9.98. The zero-order valence-corrected chi connectivity index (χ0v) is 12.5. The van der Waals surface area contributed by atoms with E-state index in [1.54, 1.807) is 6.92 Å². The molecule has 0 aromatic rings. The molecule has 0 aliphatic carbocycles. The average molecular weight is 249 g/mol. The molecule has 0 atom stereocenters. The zero-order valence-electron chi connectivity index (χ0n) is 12.5. The molecule has 2 nitrogen and oxygen atoms in total. The van der Waals surface area contributed by atoms with Gasteiger partial charge in [0.15, 0.2) is 0 Å². The van der Waals surface area contributed by atoms with Gasteiger partial charge in [-0.15, -0.1) is 0 Å². The van der Waals surface area contributed by atoms with Gasteiger partial charge in [-0.2, -0.15) is 0 Å². The lowest BCUT2D eigenvalue weighted by Gasteiger charge is -2.17. The molecule has 0 unspecified atom stereocenters. The minimum Gasteiger partial charge on any atom is -0.300 e. The van der Waals surface area contributed by atoms with Crippen molar-refractivity contribution in [2.75, 3.05) is 19.6 Å². The van der Waals surface area contributed by atoms with Gasteiger partial charge in [0.2, 0.25) is 0 Å². The van der Waals surface area contributed by atoms with Crippen LogP contribution in [0, 0.1) is 17.3 Å². The highest BCUT2D eigenvalue weighted by atomic mass is 16.1. The molecule has 0 radical (unpaired) electrons. The Hall–Kier alpha value is -1.07. The Morgan fingerprint density at radius 1 is 1.33 bits per heavy atom. The van der Waals surface area contributed by atoms with E-state index in [0.29, 0.717) is 6.42 Å². The van der Waals surface area contributed by atoms with E-state index in [2.05, 4.69) is 50.5 Å². The molecule has 0 aliphatic heterocycles. The third kappa shape index (κ3) is 11.4. The number of nitrogens with zero attached hydrogens (tertiary/aromatic N) is 1. The lowest BCUT2D eigenvalue weighted by molar-refractivity contribution is -0.117. The van der Waals surface area contributed by atoms with Crippen molar-refractivity contribution in [3.05, 3.63) is 12.2 Å². The van der Waals surface area contributed by atoms with Crippen LogP contribution in [0.1, 0.15) is 47.5 Å². The summed E-state index contributed by atoms with van der Waals surface area (Å²) in [6.45, 7) is 13.0. The summed E-state index contributed by atoms with van der Waals surface area (Å²) in [6.07, 6.45) is 5.66. The Bertz CT molecular complexity index is 325. The van der Waals surface area contributed by atoms with E-state index >= 15 is 0 Å². The van der Waals surface area contributed by atoms with Crippen molar-refractivity contribution < 1.29 is 4.79 Å². The second-order valence-electron chi connectivity index (χ2n) is 5.62. The average Bonchev–Trinajstić information content (AvgIpc) is 2.24. The SMILES string of the molecule is CCN(CC=CC#CC(C)(C)C)CCCC(C)=O. The largest absolute Gasteiger partial charge is 0.300 e. The standard InChI is InChI=1S/C16H27NO/c1-6-17(14-10-11-15(2)18)13-9-7-8-12-16(3,4)5/h7,9H,6,10-11,13-14H2,1-5H3. The van der Waals surface area contributed by atoms with Crippen molar-refractivity contribution in [1.29, 1.82) is 0 Å². The molecule has 0 N–H and O–H groups in total. The van der Waals surface area contributed by atoms with Crippen molar-refractivity contribution >= 4 is 5.78 Å². The molecule has 0 amide bonds. The predicted molar refractivity (Wildman–Crippen MR) is 78.4 cm³/mol. The number of rotatable bonds is 7. The summed E-state index contributed by atoms with van der Waals surface area (Å²) in [6, 6.07) is 0. The van der Waals surface area contributed by atoms with Crippen LogP contribution in [0.15, 0.2) is 12.2 Å². The van der Waals surface area contributed by atoms with Gasteiger partial charge in [-0.05, 0) is 53.3 Å². The Morgan fingerprint density at radius 3 is 2.50 bits per heavy atom. The van der Waals surface area contributed by atoms with Crippen molar-refractivity contribution in [3.8, 4) is 11.8 Å². The van der Waals surface area contributed by atoms with Crippen LogP contribution in [-0.4, -0.2) is 30.3 Å². The van der Waals surface area contributed by atoms with Crippen LogP contribution >= 0.6 is 0 Å². The number of carbonyl (C=O) groups is 1. The molecule has 0 bridgehead atoms. The smallest absolute Gasteiger partial charge is 0.129 e. The number of likely N-dealkylation sites (N-methyl/N-ethyl adjacent to an activating group) is 1. The summed E-state index contributed by atoms with van der Waals surface area (Å²) < 4.78 is 0. The summed E-state index contributed by atoms with van der Waals surface area (Å²) in [4.78, 5) is 13.2. The minimum absolute atomic E-state index is 0.0657. The highest BCUT2D eigenvalue weighted by molar-refractivity contribution is 5.75. The lowest BCUT2D eigenvalue weighted by Crippen LogP contribution is -2.24. The van der Waals surface area contributed by atoms with Crippen LogP contribution in [0.4, 0.5) is 0 Å². The number of allylic oxidation sites excluding steroid dienone is 1. The maximum Gasteiger partial charge on any atom is 0.129 e. The number of hydrogen-bond acceptors (Lipinski definition) is 2. The van der Waals surface area contributed by atoms with Gasteiger partial charge in [-0.3, -0.25) is 4.90 Å². The minimum atomic E-state index is 0.0657. The van der Waals surface area contributed by atoms with E-state index in [-0.39, 0.29) is 11.2 Å². The van der Waals surface area contributed by atoms with E-state index in [0.717, 1.165) is 26.1 Å². The molecule has 18 heavy (non-hydrogen) atoms. The second kappa shape index (κ2) is 8.94. The third-order valence-electron chi connectivity index (χ3n) is 2.46. The third-order valence-corrected chi connectivity index (χ3v) is 2.46. The first kappa shape index (κ1) is 16.9. The molecule has 0 aliphatic rings. The molecule has 102 valence electrons. The summed E-state index contributed by atoms with van der Waals surface area (Å²) in [5.74, 6) is 6.52. The first-order valence-corrected chi connectivity index (χ1v) is 6.74. The fraction of sp³-hybridized carbons (Fsp3) is 0.688. The van der Waals surface area contributed by atoms with Crippen LogP contribution in [0.2, 0.25) is 0 Å². The molecule has 0 spiro atoms. The topological polar surface area (TPSA) is 20.3 Å². The Morgan fingerprint density at radius 2 is 2.00 bits per heavy atom. The van der Waals surface area contributed by atoms with Crippen LogP contribution in [-0.2, 0) is 4.79 Å². The summed E-state index contributed by atoms with van der Waals surface area (Å²) in [5, 5.41) is 0. The molecular formula is C16H27NO. The molecule has 0 aromatic carbocycles. The zero-order chi connectivity index (χ0) is 14.0. The predicted octanol–water partition coefficient (Wildman–Crippen LogP) is 3.28. The van der Waals surface area contributed by atoms with E-state index in [1.165, 1.54) is 0 Å². The van der Waals surface area contributed by atoms with Crippen LogP contribution in [0.5, 0.6) is 0 Å². The first-order valence-electron chi connectivity index (χ1n) is 6.74. The summed E-state index contributed by atoms with van der Waals surface area (Å²) in [7, 11) is 0. The van der Waals surface area contributed by atoms with Gasteiger partial charge in [-0.1, -0.05) is 24.8 Å². The van der Waals surface area contributed by atoms with Crippen LogP contribution < -0.4 is 0 Å². The number of ketones is 1. The number of Topliss-reactive ketones (excluding diaryl/α,β-unsaturated/α-hetero) is 1. The van der Waals surface area contributed by atoms with Gasteiger partial charge >= 0.3 is 0 Å². The van der Waals surface area contributed by atoms with Gasteiger partial charge < -0.3 is 4.79 Å². The van der Waals surface area contributed by atoms with E-state index in [1.807, 2.05) is 6.08 Å². The van der Waals surface area contributed by atoms with Gasteiger partial charge in [0.25, 0.3) is 0 Å². The van der Waals surface area contributed by atoms with Crippen LogP contribution in [0.3, 0.4) is 0 Å². The van der Waals surface area contributed by atoms with Crippen molar-refractivity contribution in [1.82, 2.24) is 4.90 Å². The van der Waals surface area contributed by atoms with E-state index in [9.17, 15) is 4.79 Å². The Kier molecular flexibility index (Phi) is 8.41. The van der Waals surface area contributed by atoms with Gasteiger partial charge in [0.05, 0.1) is 0 Å². The number of carbonyl (C=O) groups excluding carboxylic acids is 1. The Balaban J connectivity index is 3.95. The molecule has 0 heterocycles. The maximum atomic E-state index is 10.9. The highest BCUT2D eigenvalue weighted by Crippen LogP contribution is 2.09. The molecule has 0 fully saturated rings. The number of hydrogen-bond donors (Lipinski definition) is 0. The fourth-order valence-electron chi connectivity index (χ4n) is 1.45. The van der Waals surface area contributed by atoms with Crippen molar-refractivity contribution in [2.24, 2.45) is 5.41 Å². The molecule has 0 saturated heterocycles. The molecular weight excluding hydrogens is 222 g/mol. The molecule has 0 aromatic heterocycles. The molecule has 0 saturated carbocycles. The normalized spacial score (nSPS) is 11.7. The van der Waals surface area contributed by atoms with Crippen LogP contribution in [0.25, 0.3) is 0 Å². The van der Waals surface area contributed by atoms with Crippen molar-refractivity contribution in [2.45, 2.75) is 47.5 Å². The van der Waals surface area contributed by atoms with Gasteiger partial charge in [0.1, 0.15) is 5.78 Å². The highest BCUT2D eigenvalue weighted by Gasteiger charge is 2.02. The van der Waals surface area contributed by atoms with E-state index in [4.69, 9.17) is 0 Å². The Labute approximate surface area is 112 Å². The maximum absolute atomic E-state index is 10.9. The van der Waals surface area contributed by atoms with Gasteiger partial charge in [0, 0.05) is 18.4 Å². The van der Waals surface area contributed by atoms with E-state index < -0.39 is 0 Å². The molecule has 2 heteroatoms. The monoisotopic (exact) mass is 249 g/mol. The quantitative estimate of drug-likeness (QED) is 0.645.